The Bertz CT molecular complexity index is 721. The van der Waals surface area contributed by atoms with E-state index in [4.69, 9.17) is 9.47 Å². The van der Waals surface area contributed by atoms with Crippen molar-refractivity contribution in [3.8, 4) is 11.5 Å². The summed E-state index contributed by atoms with van der Waals surface area (Å²) in [5.74, 6) is 1.49. The van der Waals surface area contributed by atoms with Gasteiger partial charge in [0, 0.05) is 19.6 Å². The van der Waals surface area contributed by atoms with Crippen LogP contribution in [0.5, 0.6) is 11.5 Å². The molecule has 4 heteroatoms. The van der Waals surface area contributed by atoms with Crippen molar-refractivity contribution in [1.82, 2.24) is 0 Å². The number of hydrogen-bond donors (Lipinski definition) is 0. The monoisotopic (exact) mass is 354 g/mol. The van der Waals surface area contributed by atoms with Gasteiger partial charge in [0.2, 0.25) is 0 Å². The van der Waals surface area contributed by atoms with Gasteiger partial charge in [-0.1, -0.05) is 59.9 Å². The van der Waals surface area contributed by atoms with Gasteiger partial charge in [0.25, 0.3) is 0 Å². The van der Waals surface area contributed by atoms with Crippen LogP contribution in [0.1, 0.15) is 0 Å². The zero-order chi connectivity index (χ0) is 16.8. The first-order valence-corrected chi connectivity index (χ1v) is 9.15. The molecule has 0 amide bonds. The molecular formula is C20H18O2S2. The van der Waals surface area contributed by atoms with Crippen LogP contribution in [0.4, 0.5) is 0 Å². The van der Waals surface area contributed by atoms with Gasteiger partial charge in [0.1, 0.15) is 0 Å². The van der Waals surface area contributed by atoms with Crippen LogP contribution >= 0.6 is 23.5 Å². The zero-order valence-corrected chi connectivity index (χ0v) is 15.2. The zero-order valence-electron chi connectivity index (χ0n) is 13.6. The van der Waals surface area contributed by atoms with E-state index in [1.165, 1.54) is 9.79 Å². The second-order valence-corrected chi connectivity index (χ2v) is 7.21. The van der Waals surface area contributed by atoms with Gasteiger partial charge in [-0.25, -0.2) is 0 Å². The van der Waals surface area contributed by atoms with Gasteiger partial charge >= 0.3 is 0 Å². The highest BCUT2D eigenvalue weighted by molar-refractivity contribution is 8.02. The molecule has 0 saturated heterocycles. The third-order valence-corrected chi connectivity index (χ3v) is 5.65. The summed E-state index contributed by atoms with van der Waals surface area (Å²) >= 11 is 3.45. The number of hydrogen-bond acceptors (Lipinski definition) is 4. The van der Waals surface area contributed by atoms with Crippen LogP contribution in [-0.2, 0) is 0 Å². The highest BCUT2D eigenvalue weighted by atomic mass is 32.2. The maximum atomic E-state index is 5.47. The molecule has 0 aliphatic rings. The molecule has 0 bridgehead atoms. The van der Waals surface area contributed by atoms with Crippen LogP contribution < -0.4 is 9.47 Å². The normalized spacial score (nSPS) is 10.4. The molecule has 0 aromatic heterocycles. The quantitative estimate of drug-likeness (QED) is 0.539. The summed E-state index contributed by atoms with van der Waals surface area (Å²) in [6.07, 6.45) is 0. The first-order chi connectivity index (χ1) is 11.8. The Hall–Kier alpha value is -2.04. The summed E-state index contributed by atoms with van der Waals surface area (Å²) < 4.78 is 10.9. The Kier molecular flexibility index (Phi) is 5.72. The molecule has 0 atom stereocenters. The minimum Gasteiger partial charge on any atom is -0.493 e. The minimum absolute atomic E-state index is 0.744. The molecule has 3 rings (SSSR count). The van der Waals surface area contributed by atoms with Crippen molar-refractivity contribution in [2.45, 2.75) is 19.6 Å². The van der Waals surface area contributed by atoms with Crippen molar-refractivity contribution in [1.29, 1.82) is 0 Å². The molecule has 0 aliphatic carbocycles. The van der Waals surface area contributed by atoms with Gasteiger partial charge in [-0.15, -0.1) is 0 Å². The summed E-state index contributed by atoms with van der Waals surface area (Å²) in [6, 6.07) is 24.8. The molecule has 2 nitrogen and oxygen atoms in total. The average Bonchev–Trinajstić information content (AvgIpc) is 2.64. The lowest BCUT2D eigenvalue weighted by atomic mass is 10.3. The smallest absolute Gasteiger partial charge is 0.161 e. The molecule has 0 heterocycles. The minimum atomic E-state index is 0.744. The lowest BCUT2D eigenvalue weighted by Crippen LogP contribution is -1.92. The first kappa shape index (κ1) is 16.8. The van der Waals surface area contributed by atoms with Crippen molar-refractivity contribution in [3.05, 3.63) is 72.8 Å². The number of benzene rings is 3. The Morgan fingerprint density at radius 2 is 0.958 bits per heavy atom. The van der Waals surface area contributed by atoms with Crippen molar-refractivity contribution in [2.75, 3.05) is 14.2 Å². The summed E-state index contributed by atoms with van der Waals surface area (Å²) in [5, 5.41) is 0. The maximum absolute atomic E-state index is 5.47. The molecule has 0 fully saturated rings. The Labute approximate surface area is 151 Å². The van der Waals surface area contributed by atoms with Crippen LogP contribution in [-0.4, -0.2) is 14.2 Å². The lowest BCUT2D eigenvalue weighted by molar-refractivity contribution is 0.352. The van der Waals surface area contributed by atoms with Gasteiger partial charge in [0.05, 0.1) is 14.2 Å². The summed E-state index contributed by atoms with van der Waals surface area (Å²) in [5.41, 5.74) is 0. The van der Waals surface area contributed by atoms with E-state index >= 15 is 0 Å². The predicted molar refractivity (Wildman–Crippen MR) is 101 cm³/mol. The third-order valence-electron chi connectivity index (χ3n) is 3.39. The lowest BCUT2D eigenvalue weighted by Gasteiger charge is -2.14. The Morgan fingerprint density at radius 1 is 0.583 bits per heavy atom. The van der Waals surface area contributed by atoms with Gasteiger partial charge < -0.3 is 9.47 Å². The number of ether oxygens (including phenoxy) is 2. The molecule has 0 aliphatic heterocycles. The van der Waals surface area contributed by atoms with E-state index in [2.05, 4.69) is 24.3 Å². The first-order valence-electron chi connectivity index (χ1n) is 7.52. The second-order valence-electron chi connectivity index (χ2n) is 4.98. The molecule has 122 valence electrons. The SMILES string of the molecule is COc1cc(Sc2ccccc2)c(Sc2ccccc2)cc1OC. The van der Waals surface area contributed by atoms with Crippen molar-refractivity contribution in [3.63, 3.8) is 0 Å². The van der Waals surface area contributed by atoms with E-state index in [-0.39, 0.29) is 0 Å². The molecular weight excluding hydrogens is 336 g/mol. The summed E-state index contributed by atoms with van der Waals surface area (Å²) in [4.78, 5) is 4.68. The Morgan fingerprint density at radius 3 is 1.29 bits per heavy atom. The van der Waals surface area contributed by atoms with Crippen molar-refractivity contribution in [2.24, 2.45) is 0 Å². The van der Waals surface area contributed by atoms with Crippen LogP contribution in [0.2, 0.25) is 0 Å². The molecule has 0 radical (unpaired) electrons. The van der Waals surface area contributed by atoms with E-state index in [0.717, 1.165) is 21.3 Å². The van der Waals surface area contributed by atoms with E-state index in [1.54, 1.807) is 37.7 Å². The average molecular weight is 354 g/mol. The topological polar surface area (TPSA) is 18.5 Å². The Balaban J connectivity index is 2.00. The second kappa shape index (κ2) is 8.18. The summed E-state index contributed by atoms with van der Waals surface area (Å²) in [6.45, 7) is 0. The molecule has 0 N–H and O–H groups in total. The van der Waals surface area contributed by atoms with Crippen LogP contribution in [0.3, 0.4) is 0 Å². The van der Waals surface area contributed by atoms with E-state index in [0.29, 0.717) is 0 Å². The summed E-state index contributed by atoms with van der Waals surface area (Å²) in [7, 11) is 3.33. The number of rotatable bonds is 6. The van der Waals surface area contributed by atoms with Gasteiger partial charge in [-0.05, 0) is 36.4 Å². The third kappa shape index (κ3) is 4.08. The molecule has 0 saturated carbocycles. The van der Waals surface area contributed by atoms with E-state index < -0.39 is 0 Å². The standard InChI is InChI=1S/C20H18O2S2/c1-21-17-13-19(23-15-9-5-3-6-10-15)20(14-18(17)22-2)24-16-11-7-4-8-12-16/h3-14H,1-2H3. The van der Waals surface area contributed by atoms with Gasteiger partial charge in [0.15, 0.2) is 11.5 Å². The van der Waals surface area contributed by atoms with Gasteiger partial charge in [-0.3, -0.25) is 0 Å². The largest absolute Gasteiger partial charge is 0.493 e. The van der Waals surface area contributed by atoms with E-state index in [9.17, 15) is 0 Å². The van der Waals surface area contributed by atoms with Crippen LogP contribution in [0, 0.1) is 0 Å². The van der Waals surface area contributed by atoms with E-state index in [1.807, 2.05) is 48.5 Å². The highest BCUT2D eigenvalue weighted by Gasteiger charge is 2.13. The van der Waals surface area contributed by atoms with Crippen LogP contribution in [0.15, 0.2) is 92.4 Å². The molecule has 0 spiro atoms. The highest BCUT2D eigenvalue weighted by Crippen LogP contribution is 2.44. The molecule has 24 heavy (non-hydrogen) atoms. The fourth-order valence-corrected chi connectivity index (χ4v) is 4.23. The molecule has 0 unspecified atom stereocenters. The fraction of sp³-hybridized carbons (Fsp3) is 0.100. The van der Waals surface area contributed by atoms with Crippen LogP contribution in [0.25, 0.3) is 0 Å². The molecule has 3 aromatic carbocycles. The maximum Gasteiger partial charge on any atom is 0.161 e. The molecule has 3 aromatic rings. The van der Waals surface area contributed by atoms with Gasteiger partial charge in [-0.2, -0.15) is 0 Å². The van der Waals surface area contributed by atoms with Crippen molar-refractivity contribution < 1.29 is 9.47 Å². The predicted octanol–water partition coefficient (Wildman–Crippen LogP) is 6.01. The number of methoxy groups -OCH3 is 2. The fourth-order valence-electron chi connectivity index (χ4n) is 2.23. The van der Waals surface area contributed by atoms with Crippen molar-refractivity contribution >= 4 is 23.5 Å².